The predicted molar refractivity (Wildman–Crippen MR) is 105 cm³/mol. The van der Waals surface area contributed by atoms with Gasteiger partial charge in [0.1, 0.15) is 5.82 Å². The zero-order valence-electron chi connectivity index (χ0n) is 16.1. The topological polar surface area (TPSA) is 66.4 Å². The van der Waals surface area contributed by atoms with Crippen LogP contribution in [0.5, 0.6) is 0 Å². The Balaban J connectivity index is 2.35. The molecule has 2 aromatic rings. The molecule has 0 heterocycles. The molecule has 9 heteroatoms. The summed E-state index contributed by atoms with van der Waals surface area (Å²) in [6.45, 7) is 2.34. The van der Waals surface area contributed by atoms with Crippen LogP contribution in [0.25, 0.3) is 0 Å². The molecular weight excluding hydrogens is 426 g/mol. The fourth-order valence-electron chi connectivity index (χ4n) is 2.97. The highest BCUT2D eigenvalue weighted by molar-refractivity contribution is 6.30. The Morgan fingerprint density at radius 2 is 1.70 bits per heavy atom. The lowest BCUT2D eigenvalue weighted by Crippen LogP contribution is -2.34. The highest BCUT2D eigenvalue weighted by Gasteiger charge is 2.45. The number of benzene rings is 2. The molecule has 0 aliphatic rings. The van der Waals surface area contributed by atoms with Crippen molar-refractivity contribution in [2.24, 2.45) is 11.8 Å². The Bertz CT molecular complexity index is 915. The van der Waals surface area contributed by atoms with E-state index in [-0.39, 0.29) is 17.7 Å². The molecule has 3 unspecified atom stereocenters. The van der Waals surface area contributed by atoms with E-state index in [2.05, 4.69) is 5.32 Å². The van der Waals surface area contributed by atoms with Crippen molar-refractivity contribution in [1.82, 2.24) is 0 Å². The molecule has 30 heavy (non-hydrogen) atoms. The van der Waals surface area contributed by atoms with Crippen molar-refractivity contribution in [1.29, 1.82) is 0 Å². The van der Waals surface area contributed by atoms with Gasteiger partial charge in [0.25, 0.3) is 0 Å². The summed E-state index contributed by atoms with van der Waals surface area (Å²) in [6.07, 6.45) is -4.60. The molecule has 4 nitrogen and oxygen atoms in total. The van der Waals surface area contributed by atoms with Crippen molar-refractivity contribution in [3.8, 4) is 0 Å². The Hall–Kier alpha value is -2.61. The maximum Gasteiger partial charge on any atom is 0.392 e. The third-order valence-electron chi connectivity index (χ3n) is 4.78. The second-order valence-electron chi connectivity index (χ2n) is 7.11. The van der Waals surface area contributed by atoms with Crippen molar-refractivity contribution >= 4 is 29.2 Å². The fourth-order valence-corrected chi connectivity index (χ4v) is 3.10. The zero-order chi connectivity index (χ0) is 22.6. The fraction of sp³-hybridized carbons (Fsp3) is 0.333. The highest BCUT2D eigenvalue weighted by atomic mass is 35.5. The molecule has 162 valence electrons. The van der Waals surface area contributed by atoms with Gasteiger partial charge in [-0.05, 0) is 41.8 Å². The summed E-state index contributed by atoms with van der Waals surface area (Å²) in [4.78, 5) is 23.8. The van der Waals surface area contributed by atoms with Crippen LogP contribution in [-0.4, -0.2) is 23.2 Å². The lowest BCUT2D eigenvalue weighted by molar-refractivity contribution is -0.178. The average molecular weight is 446 g/mol. The summed E-state index contributed by atoms with van der Waals surface area (Å²) in [7, 11) is 0. The number of halogens is 5. The second-order valence-corrected chi connectivity index (χ2v) is 7.54. The SMILES string of the molecule is CC(Cc1ccc(F)c(NC(=O)C(c2ccc(Cl)cc2)C(C)C(F)(F)F)c1)C(=O)O. The van der Waals surface area contributed by atoms with Crippen LogP contribution in [0.1, 0.15) is 30.9 Å². The highest BCUT2D eigenvalue weighted by Crippen LogP contribution is 2.38. The van der Waals surface area contributed by atoms with E-state index in [0.29, 0.717) is 10.6 Å². The average Bonchev–Trinajstić information content (AvgIpc) is 2.65. The van der Waals surface area contributed by atoms with E-state index in [9.17, 15) is 27.2 Å². The number of alkyl halides is 3. The Labute approximate surface area is 175 Å². The lowest BCUT2D eigenvalue weighted by atomic mass is 9.85. The van der Waals surface area contributed by atoms with E-state index in [1.165, 1.54) is 43.3 Å². The molecule has 0 aliphatic carbocycles. The number of carboxylic acids is 1. The monoisotopic (exact) mass is 445 g/mol. The number of nitrogens with one attached hydrogen (secondary N) is 1. The van der Waals surface area contributed by atoms with Gasteiger partial charge in [-0.3, -0.25) is 9.59 Å². The first-order chi connectivity index (χ1) is 13.9. The van der Waals surface area contributed by atoms with Gasteiger partial charge in [0.15, 0.2) is 0 Å². The third kappa shape index (κ3) is 5.95. The van der Waals surface area contributed by atoms with E-state index in [4.69, 9.17) is 16.7 Å². The van der Waals surface area contributed by atoms with E-state index in [0.717, 1.165) is 13.0 Å². The summed E-state index contributed by atoms with van der Waals surface area (Å²) in [5, 5.41) is 11.5. The Kier molecular flexibility index (Phi) is 7.47. The van der Waals surface area contributed by atoms with Crippen LogP contribution in [0.4, 0.5) is 23.2 Å². The number of amides is 1. The molecule has 2 rings (SSSR count). The van der Waals surface area contributed by atoms with Crippen LogP contribution >= 0.6 is 11.6 Å². The Morgan fingerprint density at radius 1 is 1.10 bits per heavy atom. The molecule has 0 saturated carbocycles. The third-order valence-corrected chi connectivity index (χ3v) is 5.03. The van der Waals surface area contributed by atoms with Gasteiger partial charge >= 0.3 is 12.1 Å². The van der Waals surface area contributed by atoms with E-state index < -0.39 is 41.6 Å². The molecule has 0 bridgehead atoms. The van der Waals surface area contributed by atoms with Crippen molar-refractivity contribution < 1.29 is 32.3 Å². The number of hydrogen-bond acceptors (Lipinski definition) is 2. The molecule has 0 spiro atoms. The second kappa shape index (κ2) is 9.47. The first-order valence-corrected chi connectivity index (χ1v) is 9.42. The van der Waals surface area contributed by atoms with E-state index in [1.807, 2.05) is 0 Å². The van der Waals surface area contributed by atoms with Gasteiger partial charge in [0.2, 0.25) is 5.91 Å². The van der Waals surface area contributed by atoms with Crippen molar-refractivity contribution in [3.05, 3.63) is 64.4 Å². The molecule has 1 amide bonds. The minimum atomic E-state index is -4.67. The summed E-state index contributed by atoms with van der Waals surface area (Å²) in [6, 6.07) is 8.99. The smallest absolute Gasteiger partial charge is 0.392 e. The van der Waals surface area contributed by atoms with Gasteiger partial charge in [0.05, 0.1) is 23.4 Å². The molecule has 0 aliphatic heterocycles. The largest absolute Gasteiger partial charge is 0.481 e. The minimum Gasteiger partial charge on any atom is -0.481 e. The normalized spacial score (nSPS) is 14.6. The summed E-state index contributed by atoms with van der Waals surface area (Å²) < 4.78 is 54.4. The van der Waals surface area contributed by atoms with E-state index >= 15 is 0 Å². The molecule has 2 aromatic carbocycles. The molecule has 0 saturated heterocycles. The summed E-state index contributed by atoms with van der Waals surface area (Å²) in [5.41, 5.74) is 0.190. The van der Waals surface area contributed by atoms with Crippen molar-refractivity contribution in [3.63, 3.8) is 0 Å². The zero-order valence-corrected chi connectivity index (χ0v) is 16.9. The maximum atomic E-state index is 14.2. The van der Waals surface area contributed by atoms with Crippen LogP contribution < -0.4 is 5.32 Å². The molecule has 3 atom stereocenters. The molecule has 0 fully saturated rings. The minimum absolute atomic E-state index is 0.0675. The van der Waals surface area contributed by atoms with E-state index in [1.54, 1.807) is 0 Å². The summed E-state index contributed by atoms with van der Waals surface area (Å²) in [5.74, 6) is -7.37. The lowest BCUT2D eigenvalue weighted by Gasteiger charge is -2.26. The predicted octanol–water partition coefficient (Wildman–Crippen LogP) is 5.66. The number of carbonyl (C=O) groups excluding carboxylic acids is 1. The molecular formula is C21H20ClF4NO3. The molecule has 2 N–H and O–H groups in total. The van der Waals surface area contributed by atoms with Crippen LogP contribution in [-0.2, 0) is 16.0 Å². The maximum absolute atomic E-state index is 14.2. The number of carboxylic acid groups (broad SMARTS) is 1. The number of aliphatic carboxylic acids is 1. The quantitative estimate of drug-likeness (QED) is 0.540. The van der Waals surface area contributed by atoms with Crippen LogP contribution in [0.3, 0.4) is 0 Å². The standard InChI is InChI=1S/C21H20ClF4NO3/c1-11(20(29)30)9-13-3-8-16(23)17(10-13)27-19(28)18(12(2)21(24,25)26)14-4-6-15(22)7-5-14/h3-8,10-12,18H,9H2,1-2H3,(H,27,28)(H,29,30). The van der Waals surface area contributed by atoms with Gasteiger partial charge in [0, 0.05) is 5.02 Å². The first kappa shape index (κ1) is 23.7. The van der Waals surface area contributed by atoms with Crippen molar-refractivity contribution in [2.75, 3.05) is 5.32 Å². The van der Waals surface area contributed by atoms with Crippen LogP contribution in [0.2, 0.25) is 5.02 Å². The van der Waals surface area contributed by atoms with Gasteiger partial charge in [-0.2, -0.15) is 13.2 Å². The molecule has 0 aromatic heterocycles. The molecule has 0 radical (unpaired) electrons. The number of rotatable bonds is 7. The Morgan fingerprint density at radius 3 is 2.23 bits per heavy atom. The van der Waals surface area contributed by atoms with Gasteiger partial charge in [-0.1, -0.05) is 43.6 Å². The first-order valence-electron chi connectivity index (χ1n) is 9.04. The van der Waals surface area contributed by atoms with Crippen molar-refractivity contribution in [2.45, 2.75) is 32.4 Å². The summed E-state index contributed by atoms with van der Waals surface area (Å²) >= 11 is 5.78. The van der Waals surface area contributed by atoms with Gasteiger partial charge < -0.3 is 10.4 Å². The van der Waals surface area contributed by atoms with Crippen LogP contribution in [0.15, 0.2) is 42.5 Å². The van der Waals surface area contributed by atoms with Gasteiger partial charge in [-0.15, -0.1) is 0 Å². The number of hydrogen-bond donors (Lipinski definition) is 2. The number of anilines is 1. The van der Waals surface area contributed by atoms with Crippen LogP contribution in [0, 0.1) is 17.7 Å². The number of carbonyl (C=O) groups is 2. The van der Waals surface area contributed by atoms with Gasteiger partial charge in [-0.25, -0.2) is 4.39 Å².